The maximum Gasteiger partial charge on any atom is 0.103 e. The summed E-state index contributed by atoms with van der Waals surface area (Å²) >= 11 is 3.43. The number of hydrogen-bond donors (Lipinski definition) is 1. The van der Waals surface area contributed by atoms with Gasteiger partial charge in [-0.05, 0) is 19.1 Å². The number of nitrogens with zero attached hydrogens (tertiary/aromatic N) is 1. The van der Waals surface area contributed by atoms with E-state index in [-0.39, 0.29) is 0 Å². The van der Waals surface area contributed by atoms with Gasteiger partial charge in [0.2, 0.25) is 0 Å². The van der Waals surface area contributed by atoms with Crippen LogP contribution in [0.25, 0.3) is 11.3 Å². The predicted molar refractivity (Wildman–Crippen MR) is 56.5 cm³/mol. The molecule has 0 aliphatic rings. The number of aryl methyl sites for hydroxylation is 1. The third kappa shape index (κ3) is 1.80. The maximum absolute atomic E-state index is 4.15. The highest BCUT2D eigenvalue weighted by Crippen LogP contribution is 2.20. The highest BCUT2D eigenvalue weighted by Gasteiger charge is 1.99. The van der Waals surface area contributed by atoms with E-state index in [0.717, 1.165) is 21.6 Å². The molecule has 0 spiro atoms. The second-order valence-corrected chi connectivity index (χ2v) is 3.81. The van der Waals surface area contributed by atoms with E-state index in [1.54, 1.807) is 0 Å². The van der Waals surface area contributed by atoms with Crippen molar-refractivity contribution in [3.05, 3.63) is 40.8 Å². The number of nitrogens with one attached hydrogen (secondary N) is 1. The number of aromatic nitrogens is 2. The van der Waals surface area contributed by atoms with Gasteiger partial charge in [0, 0.05) is 10.0 Å². The van der Waals surface area contributed by atoms with Crippen LogP contribution >= 0.6 is 15.9 Å². The molecule has 1 N–H and O–H groups in total. The van der Waals surface area contributed by atoms with Crippen molar-refractivity contribution < 1.29 is 0 Å². The summed E-state index contributed by atoms with van der Waals surface area (Å²) in [6.45, 7) is 1.95. The van der Waals surface area contributed by atoms with Gasteiger partial charge in [-0.2, -0.15) is 0 Å². The van der Waals surface area contributed by atoms with Crippen molar-refractivity contribution in [2.75, 3.05) is 0 Å². The third-order valence-electron chi connectivity index (χ3n) is 1.84. The van der Waals surface area contributed by atoms with Gasteiger partial charge in [0.15, 0.2) is 0 Å². The first kappa shape index (κ1) is 8.51. The molecule has 0 aliphatic carbocycles. The van der Waals surface area contributed by atoms with E-state index in [4.69, 9.17) is 0 Å². The van der Waals surface area contributed by atoms with Crippen LogP contribution in [0.3, 0.4) is 0 Å². The molecule has 2 aromatic rings. The monoisotopic (exact) mass is 236 g/mol. The smallest absolute Gasteiger partial charge is 0.103 e. The number of H-pyrrole nitrogens is 1. The van der Waals surface area contributed by atoms with Gasteiger partial charge in [0.1, 0.15) is 5.82 Å². The summed E-state index contributed by atoms with van der Waals surface area (Å²) in [5, 5.41) is 0. The van der Waals surface area contributed by atoms with Gasteiger partial charge in [-0.3, -0.25) is 0 Å². The van der Waals surface area contributed by atoms with Crippen LogP contribution in [-0.4, -0.2) is 9.97 Å². The van der Waals surface area contributed by atoms with E-state index in [1.807, 2.05) is 25.3 Å². The average Bonchev–Trinajstić information content (AvgIpc) is 2.52. The van der Waals surface area contributed by atoms with E-state index in [9.17, 15) is 0 Å². The lowest BCUT2D eigenvalue weighted by molar-refractivity contribution is 1.15. The molecule has 0 bridgehead atoms. The summed E-state index contributed by atoms with van der Waals surface area (Å²) in [7, 11) is 0. The van der Waals surface area contributed by atoms with E-state index < -0.39 is 0 Å². The molecular formula is C10H9BrN2. The fourth-order valence-corrected chi connectivity index (χ4v) is 1.62. The first-order chi connectivity index (χ1) is 6.25. The number of aromatic amines is 1. The van der Waals surface area contributed by atoms with Gasteiger partial charge < -0.3 is 4.98 Å². The van der Waals surface area contributed by atoms with Crippen molar-refractivity contribution in [1.82, 2.24) is 9.97 Å². The van der Waals surface area contributed by atoms with Crippen LogP contribution in [0.4, 0.5) is 0 Å². The highest BCUT2D eigenvalue weighted by atomic mass is 79.9. The molecular weight excluding hydrogens is 228 g/mol. The summed E-state index contributed by atoms with van der Waals surface area (Å²) in [6.07, 6.45) is 1.84. The van der Waals surface area contributed by atoms with Crippen molar-refractivity contribution >= 4 is 15.9 Å². The van der Waals surface area contributed by atoms with Crippen LogP contribution < -0.4 is 0 Å². The van der Waals surface area contributed by atoms with Gasteiger partial charge >= 0.3 is 0 Å². The quantitative estimate of drug-likeness (QED) is 0.810. The Morgan fingerprint density at radius 3 is 2.85 bits per heavy atom. The number of rotatable bonds is 1. The lowest BCUT2D eigenvalue weighted by Gasteiger charge is -1.97. The zero-order valence-electron chi connectivity index (χ0n) is 7.21. The molecule has 0 fully saturated rings. The molecule has 0 aliphatic heterocycles. The highest BCUT2D eigenvalue weighted by molar-refractivity contribution is 9.10. The van der Waals surface area contributed by atoms with Crippen LogP contribution in [0.1, 0.15) is 5.82 Å². The van der Waals surface area contributed by atoms with Gasteiger partial charge in [0.25, 0.3) is 0 Å². The summed E-state index contributed by atoms with van der Waals surface area (Å²) in [4.78, 5) is 7.34. The molecule has 2 rings (SSSR count). The first-order valence-corrected chi connectivity index (χ1v) is 4.82. The number of benzene rings is 1. The van der Waals surface area contributed by atoms with E-state index in [1.165, 1.54) is 0 Å². The topological polar surface area (TPSA) is 28.7 Å². The Morgan fingerprint density at radius 2 is 2.23 bits per heavy atom. The van der Waals surface area contributed by atoms with Crippen LogP contribution in [0.2, 0.25) is 0 Å². The van der Waals surface area contributed by atoms with Crippen molar-refractivity contribution in [3.63, 3.8) is 0 Å². The minimum atomic E-state index is 0.940. The summed E-state index contributed by atoms with van der Waals surface area (Å²) in [5.41, 5.74) is 2.20. The minimum absolute atomic E-state index is 0.940. The Balaban J connectivity index is 2.46. The van der Waals surface area contributed by atoms with Gasteiger partial charge in [-0.1, -0.05) is 28.1 Å². The van der Waals surface area contributed by atoms with E-state index >= 15 is 0 Å². The van der Waals surface area contributed by atoms with Crippen molar-refractivity contribution in [1.29, 1.82) is 0 Å². The fourth-order valence-electron chi connectivity index (χ4n) is 1.22. The number of halogens is 1. The molecule has 0 atom stereocenters. The minimum Gasteiger partial charge on any atom is -0.342 e. The summed E-state index contributed by atoms with van der Waals surface area (Å²) < 4.78 is 1.08. The van der Waals surface area contributed by atoms with Crippen LogP contribution in [0, 0.1) is 6.92 Å². The molecule has 0 unspecified atom stereocenters. The Morgan fingerprint density at radius 1 is 1.38 bits per heavy atom. The second-order valence-electron chi connectivity index (χ2n) is 2.89. The molecule has 0 amide bonds. The second kappa shape index (κ2) is 3.34. The molecule has 1 heterocycles. The Bertz CT molecular complexity index is 420. The zero-order valence-corrected chi connectivity index (χ0v) is 8.80. The molecule has 0 radical (unpaired) electrons. The SMILES string of the molecule is Cc1ncc(-c2cccc(Br)c2)[nH]1. The third-order valence-corrected chi connectivity index (χ3v) is 2.33. The summed E-state index contributed by atoms with van der Waals surface area (Å²) in [6, 6.07) is 8.13. The normalized spacial score (nSPS) is 10.3. The molecule has 1 aromatic heterocycles. The van der Waals surface area contributed by atoms with Crippen LogP contribution in [0.15, 0.2) is 34.9 Å². The Hall–Kier alpha value is -1.09. The number of hydrogen-bond acceptors (Lipinski definition) is 1. The Kier molecular flexibility index (Phi) is 2.19. The van der Waals surface area contributed by atoms with E-state index in [0.29, 0.717) is 0 Å². The fraction of sp³-hybridized carbons (Fsp3) is 0.100. The maximum atomic E-state index is 4.15. The van der Waals surface area contributed by atoms with Gasteiger partial charge in [-0.15, -0.1) is 0 Å². The first-order valence-electron chi connectivity index (χ1n) is 4.03. The Labute approximate surface area is 85.1 Å². The molecule has 0 saturated carbocycles. The average molecular weight is 237 g/mol. The largest absolute Gasteiger partial charge is 0.342 e. The predicted octanol–water partition coefficient (Wildman–Crippen LogP) is 3.15. The molecule has 66 valence electrons. The van der Waals surface area contributed by atoms with Crippen LogP contribution in [-0.2, 0) is 0 Å². The van der Waals surface area contributed by atoms with Gasteiger partial charge in [0.05, 0.1) is 11.9 Å². The summed E-state index contributed by atoms with van der Waals surface area (Å²) in [5.74, 6) is 0.940. The van der Waals surface area contributed by atoms with Crippen molar-refractivity contribution in [2.24, 2.45) is 0 Å². The molecule has 2 nitrogen and oxygen atoms in total. The number of imidazole rings is 1. The lowest BCUT2D eigenvalue weighted by Crippen LogP contribution is -1.77. The molecule has 1 aromatic carbocycles. The lowest BCUT2D eigenvalue weighted by atomic mass is 10.2. The van der Waals surface area contributed by atoms with E-state index in [2.05, 4.69) is 38.0 Å². The van der Waals surface area contributed by atoms with Crippen molar-refractivity contribution in [3.8, 4) is 11.3 Å². The molecule has 0 saturated heterocycles. The standard InChI is InChI=1S/C10H9BrN2/c1-7-12-6-10(13-7)8-3-2-4-9(11)5-8/h2-6H,1H3,(H,12,13). The van der Waals surface area contributed by atoms with Gasteiger partial charge in [-0.25, -0.2) is 4.98 Å². The molecule has 3 heteroatoms. The van der Waals surface area contributed by atoms with Crippen LogP contribution in [0.5, 0.6) is 0 Å². The van der Waals surface area contributed by atoms with Crippen molar-refractivity contribution in [2.45, 2.75) is 6.92 Å². The molecule has 13 heavy (non-hydrogen) atoms. The zero-order chi connectivity index (χ0) is 9.26.